The number of benzene rings is 2. The van der Waals surface area contributed by atoms with Gasteiger partial charge in [-0.3, -0.25) is 4.72 Å². The predicted octanol–water partition coefficient (Wildman–Crippen LogP) is 5.60. The first-order chi connectivity index (χ1) is 14.0. The van der Waals surface area contributed by atoms with E-state index in [1.165, 1.54) is 30.3 Å². The molecule has 0 aliphatic heterocycles. The monoisotopic (exact) mass is 457 g/mol. The fourth-order valence-electron chi connectivity index (χ4n) is 2.74. The normalized spacial score (nSPS) is 11.9. The lowest BCUT2D eigenvalue weighted by Crippen LogP contribution is -2.15. The third kappa shape index (κ3) is 4.57. The van der Waals surface area contributed by atoms with Crippen LogP contribution in [0.5, 0.6) is 5.06 Å². The molecule has 0 bridgehead atoms. The van der Waals surface area contributed by atoms with Crippen LogP contribution in [0.15, 0.2) is 59.5 Å². The largest absolute Gasteiger partial charge is 0.512 e. The van der Waals surface area contributed by atoms with Crippen molar-refractivity contribution in [1.82, 2.24) is 0 Å². The molecular weight excluding hydrogens is 443 g/mol. The highest BCUT2D eigenvalue weighted by atomic mass is 32.2. The molecule has 0 aliphatic carbocycles. The van der Waals surface area contributed by atoms with Crippen LogP contribution in [0.25, 0.3) is 10.4 Å². The number of ether oxygens (including phenoxy) is 1. The summed E-state index contributed by atoms with van der Waals surface area (Å²) < 4.78 is 72.4. The Morgan fingerprint density at radius 2 is 1.73 bits per heavy atom. The van der Waals surface area contributed by atoms with Crippen molar-refractivity contribution in [2.45, 2.75) is 18.0 Å². The van der Waals surface area contributed by atoms with Crippen LogP contribution in [0, 0.1) is 6.92 Å². The van der Waals surface area contributed by atoms with E-state index in [4.69, 9.17) is 5.11 Å². The Morgan fingerprint density at radius 3 is 2.37 bits per heavy atom. The van der Waals surface area contributed by atoms with Gasteiger partial charge in [-0.2, -0.15) is 13.2 Å². The van der Waals surface area contributed by atoms with Crippen molar-refractivity contribution in [2.24, 2.45) is 0 Å². The molecule has 2 aromatic carbocycles. The van der Waals surface area contributed by atoms with Gasteiger partial charge in [-0.05, 0) is 30.7 Å². The van der Waals surface area contributed by atoms with Gasteiger partial charge in [0.15, 0.2) is 0 Å². The highest BCUT2D eigenvalue weighted by Crippen LogP contribution is 2.45. The van der Waals surface area contributed by atoms with Gasteiger partial charge in [0.1, 0.15) is 5.69 Å². The van der Waals surface area contributed by atoms with Crippen molar-refractivity contribution in [3.8, 4) is 15.5 Å². The highest BCUT2D eigenvalue weighted by molar-refractivity contribution is 7.92. The van der Waals surface area contributed by atoms with Crippen LogP contribution >= 0.6 is 11.3 Å². The first kappa shape index (κ1) is 21.7. The van der Waals surface area contributed by atoms with Crippen LogP contribution in [-0.4, -0.2) is 19.7 Å². The number of anilines is 1. The maximum absolute atomic E-state index is 13.4. The Morgan fingerprint density at radius 1 is 1.10 bits per heavy atom. The lowest BCUT2D eigenvalue weighted by atomic mass is 10.1. The van der Waals surface area contributed by atoms with E-state index in [0.717, 1.165) is 12.1 Å². The Labute approximate surface area is 173 Å². The smallest absolute Gasteiger partial charge is 0.449 e. The standard InChI is InChI=1S/C19H14F3NO5S2/c1-11-6-2-5-9-16(11)30(26,27)23-14-10-15(29-17(14)28-18(24)25)12-7-3-4-8-13(12)19(20,21)22/h2-10,23H,1H3,(H,24,25). The van der Waals surface area contributed by atoms with E-state index in [1.807, 2.05) is 0 Å². The van der Waals surface area contributed by atoms with E-state index >= 15 is 0 Å². The Bertz CT molecular complexity index is 1200. The van der Waals surface area contributed by atoms with E-state index in [-0.39, 0.29) is 21.0 Å². The van der Waals surface area contributed by atoms with Gasteiger partial charge in [-0.25, -0.2) is 13.2 Å². The SMILES string of the molecule is Cc1ccccc1S(=O)(=O)Nc1cc(-c2ccccc2C(F)(F)F)sc1OC(=O)O. The lowest BCUT2D eigenvalue weighted by molar-refractivity contribution is -0.137. The maximum atomic E-state index is 13.4. The molecule has 30 heavy (non-hydrogen) atoms. The van der Waals surface area contributed by atoms with Crippen LogP contribution in [0.4, 0.5) is 23.7 Å². The van der Waals surface area contributed by atoms with Gasteiger partial charge in [0.05, 0.1) is 10.5 Å². The number of carboxylic acid groups (broad SMARTS) is 1. The van der Waals surface area contributed by atoms with E-state index in [2.05, 4.69) is 9.46 Å². The summed E-state index contributed by atoms with van der Waals surface area (Å²) >= 11 is 0.581. The first-order valence-electron chi connectivity index (χ1n) is 8.28. The van der Waals surface area contributed by atoms with Crippen molar-refractivity contribution in [2.75, 3.05) is 4.72 Å². The number of nitrogens with one attached hydrogen (secondary N) is 1. The zero-order valence-electron chi connectivity index (χ0n) is 15.2. The zero-order valence-corrected chi connectivity index (χ0v) is 16.9. The Balaban J connectivity index is 2.10. The van der Waals surface area contributed by atoms with Gasteiger partial charge in [0, 0.05) is 10.4 Å². The number of thiophene rings is 1. The zero-order chi connectivity index (χ0) is 22.1. The number of sulfonamides is 1. The summed E-state index contributed by atoms with van der Waals surface area (Å²) in [4.78, 5) is 10.9. The van der Waals surface area contributed by atoms with E-state index in [1.54, 1.807) is 19.1 Å². The van der Waals surface area contributed by atoms with Crippen LogP contribution in [0.3, 0.4) is 0 Å². The van der Waals surface area contributed by atoms with Crippen LogP contribution in [0.2, 0.25) is 0 Å². The molecule has 1 heterocycles. The lowest BCUT2D eigenvalue weighted by Gasteiger charge is -2.11. The summed E-state index contributed by atoms with van der Waals surface area (Å²) in [6.07, 6.45) is -6.39. The quantitative estimate of drug-likeness (QED) is 0.487. The molecule has 11 heteroatoms. The van der Waals surface area contributed by atoms with Gasteiger partial charge in [-0.15, -0.1) is 0 Å². The number of alkyl halides is 3. The van der Waals surface area contributed by atoms with Crippen molar-refractivity contribution < 1.29 is 36.2 Å². The highest BCUT2D eigenvalue weighted by Gasteiger charge is 2.34. The molecule has 0 spiro atoms. The molecule has 0 atom stereocenters. The van der Waals surface area contributed by atoms with Gasteiger partial charge in [0.25, 0.3) is 10.0 Å². The average Bonchev–Trinajstić information content (AvgIpc) is 3.02. The molecule has 0 saturated carbocycles. The molecule has 0 unspecified atom stereocenters. The average molecular weight is 457 g/mol. The molecule has 0 amide bonds. The Kier molecular flexibility index (Phi) is 5.77. The van der Waals surface area contributed by atoms with Crippen molar-refractivity contribution >= 4 is 33.2 Å². The molecule has 158 valence electrons. The molecule has 0 saturated heterocycles. The summed E-state index contributed by atoms with van der Waals surface area (Å²) in [7, 11) is -4.15. The number of aryl methyl sites for hydroxylation is 1. The van der Waals surface area contributed by atoms with Gasteiger partial charge >= 0.3 is 12.3 Å². The van der Waals surface area contributed by atoms with Crippen LogP contribution in [0.1, 0.15) is 11.1 Å². The molecule has 1 aromatic heterocycles. The van der Waals surface area contributed by atoms with E-state index < -0.39 is 33.0 Å². The number of halogens is 3. The summed E-state index contributed by atoms with van der Waals surface area (Å²) in [6, 6.07) is 11.9. The Hall–Kier alpha value is -3.05. The second-order valence-electron chi connectivity index (χ2n) is 6.09. The third-order valence-corrected chi connectivity index (χ3v) is 6.58. The summed E-state index contributed by atoms with van der Waals surface area (Å²) in [5.74, 6) is 0. The molecule has 6 nitrogen and oxygen atoms in total. The topological polar surface area (TPSA) is 92.7 Å². The fraction of sp³-hybridized carbons (Fsp3) is 0.105. The molecule has 0 radical (unpaired) electrons. The van der Waals surface area contributed by atoms with Crippen LogP contribution < -0.4 is 9.46 Å². The number of hydrogen-bond donors (Lipinski definition) is 2. The molecule has 0 aliphatic rings. The molecule has 0 fully saturated rings. The maximum Gasteiger partial charge on any atom is 0.512 e. The minimum atomic E-state index is -4.66. The van der Waals surface area contributed by atoms with E-state index in [9.17, 15) is 26.4 Å². The van der Waals surface area contributed by atoms with Crippen LogP contribution in [-0.2, 0) is 16.2 Å². The second-order valence-corrected chi connectivity index (χ2v) is 8.76. The molecule has 3 rings (SSSR count). The molecular formula is C19H14F3NO5S2. The summed E-state index contributed by atoms with van der Waals surface area (Å²) in [5, 5.41) is 8.55. The first-order valence-corrected chi connectivity index (χ1v) is 10.6. The molecule has 3 aromatic rings. The summed E-state index contributed by atoms with van der Waals surface area (Å²) in [5.41, 5.74) is -1.02. The predicted molar refractivity (Wildman–Crippen MR) is 105 cm³/mol. The van der Waals surface area contributed by atoms with Crippen molar-refractivity contribution in [3.63, 3.8) is 0 Å². The molecule has 2 N–H and O–H groups in total. The van der Waals surface area contributed by atoms with Crippen molar-refractivity contribution in [1.29, 1.82) is 0 Å². The number of hydrogen-bond acceptors (Lipinski definition) is 5. The van der Waals surface area contributed by atoms with Gasteiger partial charge < -0.3 is 9.84 Å². The number of rotatable bonds is 5. The third-order valence-electron chi connectivity index (χ3n) is 4.00. The number of carbonyl (C=O) groups is 1. The van der Waals surface area contributed by atoms with E-state index in [0.29, 0.717) is 16.9 Å². The minimum Gasteiger partial charge on any atom is -0.449 e. The second kappa shape index (κ2) is 8.00. The fourth-order valence-corrected chi connectivity index (χ4v) is 5.10. The van der Waals surface area contributed by atoms with Gasteiger partial charge in [-0.1, -0.05) is 47.7 Å². The van der Waals surface area contributed by atoms with Crippen molar-refractivity contribution in [3.05, 3.63) is 65.7 Å². The van der Waals surface area contributed by atoms with Gasteiger partial charge in [0.2, 0.25) is 5.06 Å². The summed E-state index contributed by atoms with van der Waals surface area (Å²) in [6.45, 7) is 1.57. The minimum absolute atomic E-state index is 0.0124.